The molecule has 0 aromatic heterocycles. The standard InChI is InChI=1S/C50H56O4Si3/c1-49(2,3)55(43-25-13-7-14-26-43,44-27-15-8-16-28-44)51-39-41-37-38-42(54-57(53-41,47-33-21-11-22-34-47)48-35-23-12-24-36-48)40-52-56(50(4,5)6,45-29-17-9-18-30-45)46-31-19-10-20-32-46/h7-38,41-42H,39-40H2,1-6H3/t41-,42-/m1/s1. The molecule has 57 heavy (non-hydrogen) atoms. The molecule has 0 saturated carbocycles. The molecule has 1 aliphatic heterocycles. The Morgan fingerprint density at radius 1 is 0.404 bits per heavy atom. The van der Waals surface area contributed by atoms with E-state index >= 15 is 0 Å². The Kier molecular flexibility index (Phi) is 12.3. The van der Waals surface area contributed by atoms with Crippen molar-refractivity contribution in [2.45, 2.75) is 63.8 Å². The zero-order valence-corrected chi connectivity index (χ0v) is 37.2. The van der Waals surface area contributed by atoms with Gasteiger partial charge in [0.1, 0.15) is 0 Å². The molecule has 1 heterocycles. The fourth-order valence-corrected chi connectivity index (χ4v) is 21.1. The summed E-state index contributed by atoms with van der Waals surface area (Å²) in [6.45, 7) is 14.6. The van der Waals surface area contributed by atoms with Crippen molar-refractivity contribution in [1.29, 1.82) is 0 Å². The maximum atomic E-state index is 7.54. The molecule has 1 aliphatic rings. The van der Waals surface area contributed by atoms with E-state index in [4.69, 9.17) is 17.7 Å². The van der Waals surface area contributed by atoms with Crippen LogP contribution in [0.1, 0.15) is 41.5 Å². The van der Waals surface area contributed by atoms with Crippen molar-refractivity contribution in [2.75, 3.05) is 13.2 Å². The summed E-state index contributed by atoms with van der Waals surface area (Å²) in [5.74, 6) is 0. The van der Waals surface area contributed by atoms with Crippen LogP contribution in [-0.4, -0.2) is 50.6 Å². The topological polar surface area (TPSA) is 36.9 Å². The molecular formula is C50H56O4Si3. The smallest absolute Gasteiger partial charge is 0.404 e. The monoisotopic (exact) mass is 804 g/mol. The molecule has 6 aromatic carbocycles. The lowest BCUT2D eigenvalue weighted by Gasteiger charge is -2.44. The summed E-state index contributed by atoms with van der Waals surface area (Å²) in [5, 5.41) is 6.69. The van der Waals surface area contributed by atoms with Gasteiger partial charge in [-0.05, 0) is 41.2 Å². The lowest BCUT2D eigenvalue weighted by atomic mass is 10.2. The van der Waals surface area contributed by atoms with Crippen LogP contribution in [0.3, 0.4) is 0 Å². The third kappa shape index (κ3) is 8.16. The third-order valence-corrected chi connectivity index (χ3v) is 24.7. The van der Waals surface area contributed by atoms with E-state index in [0.29, 0.717) is 13.2 Å². The molecule has 0 fully saturated rings. The Bertz CT molecular complexity index is 1930. The van der Waals surface area contributed by atoms with Crippen LogP contribution in [0.25, 0.3) is 0 Å². The van der Waals surface area contributed by atoms with Crippen LogP contribution in [0.15, 0.2) is 194 Å². The van der Waals surface area contributed by atoms with E-state index in [1.165, 1.54) is 20.7 Å². The predicted molar refractivity (Wildman–Crippen MR) is 244 cm³/mol. The van der Waals surface area contributed by atoms with E-state index < -0.39 is 37.4 Å². The zero-order chi connectivity index (χ0) is 40.0. The van der Waals surface area contributed by atoms with Gasteiger partial charge in [0, 0.05) is 0 Å². The van der Waals surface area contributed by atoms with Crippen molar-refractivity contribution in [3.05, 3.63) is 194 Å². The van der Waals surface area contributed by atoms with Gasteiger partial charge in [-0.1, -0.05) is 236 Å². The first-order valence-corrected chi connectivity index (χ1v) is 25.8. The molecule has 0 N–H and O–H groups in total. The lowest BCUT2D eigenvalue weighted by Crippen LogP contribution is -2.69. The number of hydrogen-bond donors (Lipinski definition) is 0. The van der Waals surface area contributed by atoms with Gasteiger partial charge < -0.3 is 17.7 Å². The highest BCUT2D eigenvalue weighted by Crippen LogP contribution is 2.39. The van der Waals surface area contributed by atoms with Crippen LogP contribution in [-0.2, 0) is 17.7 Å². The van der Waals surface area contributed by atoms with Gasteiger partial charge in [0.05, 0.1) is 25.4 Å². The lowest BCUT2D eigenvalue weighted by molar-refractivity contribution is 0.0912. The molecule has 0 spiro atoms. The Labute approximate surface area is 343 Å². The van der Waals surface area contributed by atoms with Gasteiger partial charge in [0.15, 0.2) is 0 Å². The van der Waals surface area contributed by atoms with Crippen LogP contribution in [0.4, 0.5) is 0 Å². The van der Waals surface area contributed by atoms with E-state index in [9.17, 15) is 0 Å². The quantitative estimate of drug-likeness (QED) is 0.0938. The first kappa shape index (κ1) is 40.7. The summed E-state index contributed by atoms with van der Waals surface area (Å²) in [5.41, 5.74) is 0. The second-order valence-corrected chi connectivity index (χ2v) is 28.5. The Morgan fingerprint density at radius 2 is 0.649 bits per heavy atom. The van der Waals surface area contributed by atoms with Gasteiger partial charge in [0.25, 0.3) is 16.6 Å². The first-order chi connectivity index (χ1) is 27.5. The van der Waals surface area contributed by atoms with E-state index in [-0.39, 0.29) is 10.1 Å². The maximum absolute atomic E-state index is 7.54. The van der Waals surface area contributed by atoms with Crippen molar-refractivity contribution in [3.63, 3.8) is 0 Å². The highest BCUT2D eigenvalue weighted by Gasteiger charge is 2.54. The molecular weight excluding hydrogens is 749 g/mol. The molecule has 7 heteroatoms. The molecule has 0 bridgehead atoms. The van der Waals surface area contributed by atoms with Gasteiger partial charge in [-0.3, -0.25) is 0 Å². The number of rotatable bonds is 12. The van der Waals surface area contributed by atoms with Crippen LogP contribution in [0.5, 0.6) is 0 Å². The van der Waals surface area contributed by atoms with Crippen LogP contribution >= 0.6 is 0 Å². The first-order valence-electron chi connectivity index (χ1n) is 20.1. The largest absolute Gasteiger partial charge is 0.408 e. The van der Waals surface area contributed by atoms with E-state index in [0.717, 1.165) is 10.4 Å². The fraction of sp³-hybridized carbons (Fsp3) is 0.240. The highest BCUT2D eigenvalue weighted by molar-refractivity contribution is 7.00. The Balaban J connectivity index is 1.33. The third-order valence-electron chi connectivity index (χ3n) is 11.2. The van der Waals surface area contributed by atoms with Gasteiger partial charge in [-0.25, -0.2) is 0 Å². The summed E-state index contributed by atoms with van der Waals surface area (Å²) in [4.78, 5) is 0. The number of benzene rings is 6. The summed E-state index contributed by atoms with van der Waals surface area (Å²) in [6.07, 6.45) is 3.57. The maximum Gasteiger partial charge on any atom is 0.408 e. The van der Waals surface area contributed by atoms with Crippen molar-refractivity contribution < 1.29 is 17.7 Å². The molecule has 0 radical (unpaired) electrons. The molecule has 7 rings (SSSR count). The summed E-state index contributed by atoms with van der Waals surface area (Å²) < 4.78 is 30.1. The minimum atomic E-state index is -3.40. The van der Waals surface area contributed by atoms with Crippen molar-refractivity contribution in [3.8, 4) is 0 Å². The number of hydrogen-bond acceptors (Lipinski definition) is 4. The molecule has 4 nitrogen and oxygen atoms in total. The Hall–Kier alpha value is -4.45. The summed E-state index contributed by atoms with van der Waals surface area (Å²) in [7, 11) is -9.14. The van der Waals surface area contributed by atoms with Crippen molar-refractivity contribution in [1.82, 2.24) is 0 Å². The highest BCUT2D eigenvalue weighted by atomic mass is 28.4. The van der Waals surface area contributed by atoms with Crippen molar-refractivity contribution >= 4 is 56.3 Å². The second kappa shape index (κ2) is 17.2. The van der Waals surface area contributed by atoms with Gasteiger partial charge in [0.2, 0.25) is 0 Å². The zero-order valence-electron chi connectivity index (χ0n) is 34.2. The minimum absolute atomic E-state index is 0.180. The van der Waals surface area contributed by atoms with Gasteiger partial charge in [-0.2, -0.15) is 0 Å². The summed E-state index contributed by atoms with van der Waals surface area (Å²) in [6, 6.07) is 64.3. The fourth-order valence-electron chi connectivity index (χ4n) is 8.65. The molecule has 2 atom stereocenters. The van der Waals surface area contributed by atoms with Crippen molar-refractivity contribution in [2.24, 2.45) is 0 Å². The average molecular weight is 805 g/mol. The SMILES string of the molecule is CC(C)(C)[Si](OC[C@H]1C=C[C@H](CO[Si](c2ccccc2)(c2ccccc2)C(C)(C)C)O[Si](c2ccccc2)(c2ccccc2)O1)(c1ccccc1)c1ccccc1. The molecule has 0 unspecified atom stereocenters. The average Bonchev–Trinajstić information content (AvgIpc) is 3.43. The molecule has 0 saturated heterocycles. The second-order valence-electron chi connectivity index (χ2n) is 17.0. The van der Waals surface area contributed by atoms with Crippen LogP contribution in [0, 0.1) is 0 Å². The molecule has 6 aromatic rings. The molecule has 0 aliphatic carbocycles. The Morgan fingerprint density at radius 3 is 0.895 bits per heavy atom. The normalized spacial score (nSPS) is 17.5. The molecule has 0 amide bonds. The van der Waals surface area contributed by atoms with E-state index in [1.54, 1.807) is 0 Å². The minimum Gasteiger partial charge on any atom is -0.404 e. The van der Waals surface area contributed by atoms with Crippen LogP contribution < -0.4 is 31.1 Å². The van der Waals surface area contributed by atoms with Gasteiger partial charge in [-0.15, -0.1) is 0 Å². The predicted octanol–water partition coefficient (Wildman–Crippen LogP) is 7.74. The van der Waals surface area contributed by atoms with Crippen LogP contribution in [0.2, 0.25) is 10.1 Å². The summed E-state index contributed by atoms with van der Waals surface area (Å²) >= 11 is 0. The molecule has 292 valence electrons. The van der Waals surface area contributed by atoms with Gasteiger partial charge >= 0.3 is 8.56 Å². The van der Waals surface area contributed by atoms with E-state index in [1.807, 2.05) is 0 Å². The van der Waals surface area contributed by atoms with E-state index in [2.05, 4.69) is 236 Å².